The van der Waals surface area contributed by atoms with Crippen molar-refractivity contribution in [3.63, 3.8) is 0 Å². The molecule has 0 bridgehead atoms. The molecular formula is C12H23O9P. The van der Waals surface area contributed by atoms with Crippen molar-refractivity contribution in [2.24, 2.45) is 11.8 Å². The summed E-state index contributed by atoms with van der Waals surface area (Å²) in [5.41, 5.74) is 0. The zero-order chi connectivity index (χ0) is 17.0. The second kappa shape index (κ2) is 12.5. The maximum absolute atomic E-state index is 11.5. The molecule has 2 atom stereocenters. The smallest absolute Gasteiger partial charge is 0.319 e. The van der Waals surface area contributed by atoms with Crippen LogP contribution in [0.3, 0.4) is 0 Å². The summed E-state index contributed by atoms with van der Waals surface area (Å²) < 4.78 is 30.6. The molecule has 0 amide bonds. The van der Waals surface area contributed by atoms with Crippen LogP contribution in [-0.2, 0) is 32.7 Å². The van der Waals surface area contributed by atoms with Gasteiger partial charge in [-0.1, -0.05) is 0 Å². The lowest BCUT2D eigenvalue weighted by Gasteiger charge is -2.15. The van der Waals surface area contributed by atoms with Crippen LogP contribution in [0.4, 0.5) is 0 Å². The van der Waals surface area contributed by atoms with Gasteiger partial charge in [-0.3, -0.25) is 14.2 Å². The van der Waals surface area contributed by atoms with Crippen molar-refractivity contribution in [2.75, 3.05) is 39.6 Å². The van der Waals surface area contributed by atoms with Gasteiger partial charge >= 0.3 is 20.2 Å². The van der Waals surface area contributed by atoms with Crippen LogP contribution in [0.5, 0.6) is 0 Å². The Balaban J connectivity index is 4.16. The highest BCUT2D eigenvalue weighted by Gasteiger charge is 2.22. The molecule has 0 heterocycles. The van der Waals surface area contributed by atoms with E-state index in [4.69, 9.17) is 28.7 Å². The van der Waals surface area contributed by atoms with Crippen molar-refractivity contribution >= 4 is 20.2 Å². The first-order valence-corrected chi connectivity index (χ1v) is 8.07. The molecule has 0 aromatic heterocycles. The van der Waals surface area contributed by atoms with Gasteiger partial charge in [-0.05, 0) is 13.8 Å². The number of aliphatic hydroxyl groups excluding tert-OH is 2. The predicted octanol–water partition coefficient (Wildman–Crippen LogP) is -0.248. The highest BCUT2D eigenvalue weighted by molar-refractivity contribution is 7.33. The number of carbonyl (C=O) groups is 2. The first-order chi connectivity index (χ1) is 10.5. The van der Waals surface area contributed by atoms with Crippen molar-refractivity contribution < 1.29 is 42.9 Å². The molecule has 0 aliphatic carbocycles. The zero-order valence-electron chi connectivity index (χ0n) is 12.6. The predicted molar refractivity (Wildman–Crippen MR) is 75.3 cm³/mol. The van der Waals surface area contributed by atoms with Gasteiger partial charge in [0.2, 0.25) is 0 Å². The van der Waals surface area contributed by atoms with Gasteiger partial charge in [0.25, 0.3) is 0 Å². The largest absolute Gasteiger partial charge is 0.466 e. The van der Waals surface area contributed by atoms with Crippen LogP contribution in [0.15, 0.2) is 0 Å². The van der Waals surface area contributed by atoms with Crippen LogP contribution >= 0.6 is 8.25 Å². The number of hydrogen-bond donors (Lipinski definition) is 2. The average molecular weight is 342 g/mol. The maximum atomic E-state index is 11.5. The van der Waals surface area contributed by atoms with Gasteiger partial charge in [-0.15, -0.1) is 0 Å². The number of esters is 2. The van der Waals surface area contributed by atoms with E-state index in [2.05, 4.69) is 0 Å². The van der Waals surface area contributed by atoms with Crippen LogP contribution in [0.2, 0.25) is 0 Å². The quantitative estimate of drug-likeness (QED) is 0.364. The molecule has 0 aromatic rings. The van der Waals surface area contributed by atoms with E-state index >= 15 is 0 Å². The summed E-state index contributed by atoms with van der Waals surface area (Å²) >= 11 is 0. The molecule has 0 saturated heterocycles. The molecule has 0 spiro atoms. The fourth-order valence-electron chi connectivity index (χ4n) is 1.29. The molecule has 2 N–H and O–H groups in total. The van der Waals surface area contributed by atoms with Crippen LogP contribution in [0.25, 0.3) is 0 Å². The Kier molecular flexibility index (Phi) is 12.0. The van der Waals surface area contributed by atoms with Crippen molar-refractivity contribution in [2.45, 2.75) is 13.8 Å². The van der Waals surface area contributed by atoms with Gasteiger partial charge in [0.1, 0.15) is 11.8 Å². The van der Waals surface area contributed by atoms with Crippen LogP contribution in [-0.4, -0.2) is 61.8 Å². The summed E-state index contributed by atoms with van der Waals surface area (Å²) in [6.45, 7) is 1.82. The van der Waals surface area contributed by atoms with Crippen molar-refractivity contribution in [1.29, 1.82) is 0 Å². The third kappa shape index (κ3) is 8.45. The summed E-state index contributed by atoms with van der Waals surface area (Å²) in [7, 11) is -2.98. The van der Waals surface area contributed by atoms with E-state index in [9.17, 15) is 14.2 Å². The Morgan fingerprint density at radius 3 is 1.55 bits per heavy atom. The number of rotatable bonds is 12. The fraction of sp³-hybridized carbons (Fsp3) is 0.833. The van der Waals surface area contributed by atoms with Gasteiger partial charge in [0.05, 0.1) is 39.6 Å². The van der Waals surface area contributed by atoms with E-state index in [0.29, 0.717) is 0 Å². The van der Waals surface area contributed by atoms with Gasteiger partial charge in [-0.25, -0.2) is 0 Å². The van der Waals surface area contributed by atoms with E-state index in [0.717, 1.165) is 0 Å². The average Bonchev–Trinajstić information content (AvgIpc) is 2.49. The monoisotopic (exact) mass is 342 g/mol. The van der Waals surface area contributed by atoms with Crippen molar-refractivity contribution in [3.05, 3.63) is 0 Å². The molecule has 22 heavy (non-hydrogen) atoms. The third-order valence-electron chi connectivity index (χ3n) is 2.49. The number of hydrogen-bond acceptors (Lipinski definition) is 9. The molecule has 0 fully saturated rings. The van der Waals surface area contributed by atoms with E-state index in [1.807, 2.05) is 0 Å². The molecule has 10 heteroatoms. The normalized spacial score (nSPS) is 14.9. The highest BCUT2D eigenvalue weighted by Crippen LogP contribution is 2.26. The second-order valence-electron chi connectivity index (χ2n) is 4.14. The van der Waals surface area contributed by atoms with Crippen molar-refractivity contribution in [1.82, 2.24) is 0 Å². The summed E-state index contributed by atoms with van der Waals surface area (Å²) in [5.74, 6) is -3.26. The SMILES string of the molecule is CCOC(=O)C(CO)CO[PH](=O)OCC(CO)C(=O)OCC. The summed E-state index contributed by atoms with van der Waals surface area (Å²) in [6.07, 6.45) is 0. The molecule has 130 valence electrons. The molecule has 0 aliphatic heterocycles. The fourth-order valence-corrected chi connectivity index (χ4v) is 2.05. The first kappa shape index (κ1) is 21.0. The Hall–Kier alpha value is -0.990. The van der Waals surface area contributed by atoms with E-state index in [1.165, 1.54) is 0 Å². The Morgan fingerprint density at radius 1 is 0.909 bits per heavy atom. The Bertz CT molecular complexity index is 329. The van der Waals surface area contributed by atoms with E-state index in [-0.39, 0.29) is 26.4 Å². The minimum Gasteiger partial charge on any atom is -0.466 e. The van der Waals surface area contributed by atoms with Gasteiger partial charge in [0.15, 0.2) is 0 Å². The molecule has 9 nitrogen and oxygen atoms in total. The van der Waals surface area contributed by atoms with Gasteiger partial charge < -0.3 is 28.7 Å². The third-order valence-corrected chi connectivity index (χ3v) is 3.29. The molecule has 0 aromatic carbocycles. The topological polar surface area (TPSA) is 129 Å². The van der Waals surface area contributed by atoms with Crippen LogP contribution in [0, 0.1) is 11.8 Å². The molecule has 0 saturated carbocycles. The van der Waals surface area contributed by atoms with Gasteiger partial charge in [-0.2, -0.15) is 0 Å². The lowest BCUT2D eigenvalue weighted by Crippen LogP contribution is -2.26. The maximum Gasteiger partial charge on any atom is 0.319 e. The molecule has 0 radical (unpaired) electrons. The van der Waals surface area contributed by atoms with E-state index < -0.39 is 45.2 Å². The summed E-state index contributed by atoms with van der Waals surface area (Å²) in [4.78, 5) is 22.7. The Morgan fingerprint density at radius 2 is 1.27 bits per heavy atom. The lowest BCUT2D eigenvalue weighted by molar-refractivity contribution is -0.151. The summed E-state index contributed by atoms with van der Waals surface area (Å²) in [5, 5.41) is 18.0. The standard InChI is InChI=1S/C12H23O9P/c1-3-18-11(15)9(5-13)7-20-22(17)21-8-10(6-14)12(16)19-4-2/h9-10,13-14,22H,3-8H2,1-2H3. The van der Waals surface area contributed by atoms with Crippen LogP contribution < -0.4 is 0 Å². The first-order valence-electron chi connectivity index (χ1n) is 6.84. The summed E-state index contributed by atoms with van der Waals surface area (Å²) in [6, 6.07) is 0. The van der Waals surface area contributed by atoms with E-state index in [1.54, 1.807) is 13.8 Å². The molecule has 0 aliphatic rings. The molecular weight excluding hydrogens is 319 g/mol. The van der Waals surface area contributed by atoms with Crippen molar-refractivity contribution in [3.8, 4) is 0 Å². The minimum atomic E-state index is -2.98. The molecule has 2 unspecified atom stereocenters. The highest BCUT2D eigenvalue weighted by atomic mass is 31.1. The lowest BCUT2D eigenvalue weighted by atomic mass is 10.2. The number of ether oxygens (including phenoxy) is 2. The number of carbonyl (C=O) groups excluding carboxylic acids is 2. The van der Waals surface area contributed by atoms with Crippen LogP contribution in [0.1, 0.15) is 13.8 Å². The Labute approximate surface area is 129 Å². The molecule has 0 rings (SSSR count). The second-order valence-corrected chi connectivity index (χ2v) is 5.21. The number of aliphatic hydroxyl groups is 2. The van der Waals surface area contributed by atoms with Gasteiger partial charge in [0, 0.05) is 0 Å². The zero-order valence-corrected chi connectivity index (χ0v) is 13.6. The minimum absolute atomic E-state index is 0.152.